The van der Waals surface area contributed by atoms with Gasteiger partial charge in [0.1, 0.15) is 12.1 Å². The molecule has 29 heavy (non-hydrogen) atoms. The summed E-state index contributed by atoms with van der Waals surface area (Å²) in [6.45, 7) is -0.222. The largest absolute Gasteiger partial charge is 0.483 e. The van der Waals surface area contributed by atoms with Crippen LogP contribution in [-0.4, -0.2) is 33.2 Å². The predicted molar refractivity (Wildman–Crippen MR) is 108 cm³/mol. The van der Waals surface area contributed by atoms with Gasteiger partial charge in [-0.3, -0.25) is 14.9 Å². The second kappa shape index (κ2) is 8.10. The molecule has 0 aliphatic carbocycles. The molecule has 2 aromatic carbocycles. The van der Waals surface area contributed by atoms with Crippen LogP contribution in [0.1, 0.15) is 18.0 Å². The maximum Gasteiger partial charge on any atom is 0.262 e. The molecule has 1 atom stereocenters. The van der Waals surface area contributed by atoms with Gasteiger partial charge in [0, 0.05) is 11.3 Å². The first-order chi connectivity index (χ1) is 14.0. The van der Waals surface area contributed by atoms with E-state index in [1.165, 1.54) is 6.33 Å². The first-order valence-electron chi connectivity index (χ1n) is 8.67. The highest BCUT2D eigenvalue weighted by Gasteiger charge is 2.29. The number of ether oxygens (including phenoxy) is 1. The van der Waals surface area contributed by atoms with Crippen molar-refractivity contribution < 1.29 is 14.3 Å². The van der Waals surface area contributed by atoms with Crippen LogP contribution in [-0.2, 0) is 9.59 Å². The van der Waals surface area contributed by atoms with Gasteiger partial charge in [0.05, 0.1) is 22.5 Å². The number of rotatable bonds is 5. The molecular formula is C19H15Cl2N5O3. The molecular weight excluding hydrogens is 417 g/mol. The summed E-state index contributed by atoms with van der Waals surface area (Å²) in [4.78, 5) is 28.3. The standard InChI is InChI=1S/C19H15Cl2N5O3/c20-13-6-5-11(7-14(13)21)24-18(28)9-29-16-4-2-1-3-12(16)15-8-17(27)25-19-22-10-23-26(15)19/h1-7,10,15H,8-9H2,(H,24,28)(H,22,23,25,27)/t15-/m1/s1. The number of nitrogens with one attached hydrogen (secondary N) is 2. The minimum Gasteiger partial charge on any atom is -0.483 e. The van der Waals surface area contributed by atoms with E-state index in [-0.39, 0.29) is 30.9 Å². The number of nitrogens with zero attached hydrogens (tertiary/aromatic N) is 3. The van der Waals surface area contributed by atoms with Crippen LogP contribution in [0.4, 0.5) is 11.6 Å². The molecule has 0 unspecified atom stereocenters. The minimum atomic E-state index is -0.379. The molecule has 0 fully saturated rings. The zero-order valence-electron chi connectivity index (χ0n) is 14.9. The lowest BCUT2D eigenvalue weighted by Gasteiger charge is -2.25. The summed E-state index contributed by atoms with van der Waals surface area (Å²) in [5, 5.41) is 10.3. The van der Waals surface area contributed by atoms with Gasteiger partial charge in [0.2, 0.25) is 11.9 Å². The Morgan fingerprint density at radius 1 is 1.24 bits per heavy atom. The quantitative estimate of drug-likeness (QED) is 0.643. The summed E-state index contributed by atoms with van der Waals surface area (Å²) in [6, 6.07) is 11.6. The lowest BCUT2D eigenvalue weighted by atomic mass is 10.0. The van der Waals surface area contributed by atoms with Crippen molar-refractivity contribution in [2.45, 2.75) is 12.5 Å². The van der Waals surface area contributed by atoms with E-state index in [0.717, 1.165) is 5.56 Å². The van der Waals surface area contributed by atoms with Gasteiger partial charge < -0.3 is 10.1 Å². The van der Waals surface area contributed by atoms with Crippen LogP contribution in [0.2, 0.25) is 10.0 Å². The van der Waals surface area contributed by atoms with Crippen LogP contribution in [0.5, 0.6) is 5.75 Å². The van der Waals surface area contributed by atoms with E-state index in [9.17, 15) is 9.59 Å². The first-order valence-corrected chi connectivity index (χ1v) is 9.43. The average molecular weight is 432 g/mol. The number of benzene rings is 2. The number of para-hydroxylation sites is 1. The topological polar surface area (TPSA) is 98.1 Å². The van der Waals surface area contributed by atoms with Gasteiger partial charge in [-0.1, -0.05) is 41.4 Å². The highest BCUT2D eigenvalue weighted by molar-refractivity contribution is 6.42. The van der Waals surface area contributed by atoms with Gasteiger partial charge in [0.25, 0.3) is 5.91 Å². The molecule has 2 amide bonds. The van der Waals surface area contributed by atoms with Crippen LogP contribution in [0.25, 0.3) is 0 Å². The molecule has 0 radical (unpaired) electrons. The molecule has 0 saturated heterocycles. The Balaban J connectivity index is 1.49. The summed E-state index contributed by atoms with van der Waals surface area (Å²) < 4.78 is 7.37. The minimum absolute atomic E-state index is 0.164. The Morgan fingerprint density at radius 3 is 2.90 bits per heavy atom. The third-order valence-electron chi connectivity index (χ3n) is 4.34. The fourth-order valence-electron chi connectivity index (χ4n) is 3.05. The summed E-state index contributed by atoms with van der Waals surface area (Å²) >= 11 is 11.8. The molecule has 1 aliphatic heterocycles. The summed E-state index contributed by atoms with van der Waals surface area (Å²) in [5.74, 6) is 0.333. The van der Waals surface area contributed by atoms with E-state index < -0.39 is 0 Å². The van der Waals surface area contributed by atoms with E-state index in [1.807, 2.05) is 12.1 Å². The zero-order valence-corrected chi connectivity index (χ0v) is 16.4. The Kier molecular flexibility index (Phi) is 5.37. The Labute approximate surface area is 175 Å². The number of amides is 2. The third kappa shape index (κ3) is 4.18. The van der Waals surface area contributed by atoms with Crippen molar-refractivity contribution in [3.05, 3.63) is 64.4 Å². The van der Waals surface area contributed by atoms with Crippen LogP contribution < -0.4 is 15.4 Å². The highest BCUT2D eigenvalue weighted by Crippen LogP contribution is 2.34. The highest BCUT2D eigenvalue weighted by atomic mass is 35.5. The van der Waals surface area contributed by atoms with Gasteiger partial charge in [0.15, 0.2) is 6.61 Å². The Hall–Kier alpha value is -3.10. The van der Waals surface area contributed by atoms with E-state index >= 15 is 0 Å². The lowest BCUT2D eigenvalue weighted by Crippen LogP contribution is -2.29. The molecule has 148 valence electrons. The van der Waals surface area contributed by atoms with Crippen LogP contribution in [0.15, 0.2) is 48.8 Å². The summed E-state index contributed by atoms with van der Waals surface area (Å²) in [5.41, 5.74) is 1.24. The van der Waals surface area contributed by atoms with Gasteiger partial charge >= 0.3 is 0 Å². The van der Waals surface area contributed by atoms with Crippen LogP contribution in [0.3, 0.4) is 0 Å². The van der Waals surface area contributed by atoms with E-state index in [4.69, 9.17) is 27.9 Å². The third-order valence-corrected chi connectivity index (χ3v) is 5.08. The number of hydrogen-bond donors (Lipinski definition) is 2. The van der Waals surface area contributed by atoms with Crippen LogP contribution in [0, 0.1) is 0 Å². The number of carbonyl (C=O) groups is 2. The van der Waals surface area contributed by atoms with Crippen molar-refractivity contribution in [3.63, 3.8) is 0 Å². The van der Waals surface area contributed by atoms with Crippen molar-refractivity contribution in [1.82, 2.24) is 14.8 Å². The first kappa shape index (κ1) is 19.2. The van der Waals surface area contributed by atoms with E-state index in [1.54, 1.807) is 35.0 Å². The predicted octanol–water partition coefficient (Wildman–Crippen LogP) is 3.53. The Morgan fingerprint density at radius 2 is 2.07 bits per heavy atom. The van der Waals surface area contributed by atoms with Crippen molar-refractivity contribution in [1.29, 1.82) is 0 Å². The van der Waals surface area contributed by atoms with Gasteiger partial charge in [-0.25, -0.2) is 4.68 Å². The number of halogens is 2. The normalized spacial score (nSPS) is 15.4. The van der Waals surface area contributed by atoms with Crippen molar-refractivity contribution >= 4 is 46.7 Å². The number of carbonyl (C=O) groups excluding carboxylic acids is 2. The van der Waals surface area contributed by atoms with Gasteiger partial charge in [-0.05, 0) is 24.3 Å². The molecule has 4 rings (SSSR count). The molecule has 0 saturated carbocycles. The fourth-order valence-corrected chi connectivity index (χ4v) is 3.35. The molecule has 1 aromatic heterocycles. The second-order valence-corrected chi connectivity index (χ2v) is 7.11. The molecule has 0 spiro atoms. The number of fused-ring (bicyclic) bond motifs is 1. The van der Waals surface area contributed by atoms with Crippen molar-refractivity contribution in [3.8, 4) is 5.75 Å². The smallest absolute Gasteiger partial charge is 0.262 e. The average Bonchev–Trinajstić information content (AvgIpc) is 3.17. The van der Waals surface area contributed by atoms with Gasteiger partial charge in [-0.15, -0.1) is 0 Å². The van der Waals surface area contributed by atoms with E-state index in [2.05, 4.69) is 20.7 Å². The SMILES string of the molecule is O=C(COc1ccccc1[C@H]1CC(=O)Nc2ncnn21)Nc1ccc(Cl)c(Cl)c1. The van der Waals surface area contributed by atoms with Crippen LogP contribution >= 0.6 is 23.2 Å². The zero-order chi connectivity index (χ0) is 20.4. The molecule has 3 aromatic rings. The fraction of sp³-hybridized carbons (Fsp3) is 0.158. The summed E-state index contributed by atoms with van der Waals surface area (Å²) in [6.07, 6.45) is 1.56. The maximum atomic E-state index is 12.3. The number of anilines is 2. The molecule has 0 bridgehead atoms. The summed E-state index contributed by atoms with van der Waals surface area (Å²) in [7, 11) is 0. The number of aromatic nitrogens is 3. The molecule has 10 heteroatoms. The van der Waals surface area contributed by atoms with E-state index in [0.29, 0.717) is 27.4 Å². The maximum absolute atomic E-state index is 12.3. The number of hydrogen-bond acceptors (Lipinski definition) is 5. The monoisotopic (exact) mass is 431 g/mol. The van der Waals surface area contributed by atoms with Crippen molar-refractivity contribution in [2.24, 2.45) is 0 Å². The molecule has 1 aliphatic rings. The van der Waals surface area contributed by atoms with Gasteiger partial charge in [-0.2, -0.15) is 10.1 Å². The van der Waals surface area contributed by atoms with Crippen molar-refractivity contribution in [2.75, 3.05) is 17.2 Å². The molecule has 2 N–H and O–H groups in total. The molecule has 8 nitrogen and oxygen atoms in total. The molecule has 2 heterocycles. The Bertz CT molecular complexity index is 1090. The lowest BCUT2D eigenvalue weighted by molar-refractivity contribution is -0.118. The second-order valence-electron chi connectivity index (χ2n) is 6.30.